The number of carbonyl (C=O) groups excluding carboxylic acids is 1. The number of hydrogen-bond acceptors (Lipinski definition) is 5. The minimum atomic E-state index is -0.103. The molecule has 1 aromatic heterocycles. The lowest BCUT2D eigenvalue weighted by atomic mass is 10.2. The predicted molar refractivity (Wildman–Crippen MR) is 95.0 cm³/mol. The van der Waals surface area contributed by atoms with Crippen molar-refractivity contribution >= 4 is 28.6 Å². The quantitative estimate of drug-likeness (QED) is 0.936. The minimum absolute atomic E-state index is 0.103. The van der Waals surface area contributed by atoms with Crippen LogP contribution >= 0.6 is 11.3 Å². The molecule has 1 aromatic carbocycles. The molecule has 0 bridgehead atoms. The summed E-state index contributed by atoms with van der Waals surface area (Å²) < 4.78 is 5.38. The normalized spacial score (nSPS) is 15.5. The number of anilines is 2. The third-order valence-electron chi connectivity index (χ3n) is 4.04. The fraction of sp³-hybridized carbons (Fsp3) is 0.353. The van der Waals surface area contributed by atoms with Crippen molar-refractivity contribution in [2.75, 3.05) is 50.6 Å². The van der Waals surface area contributed by atoms with Crippen LogP contribution in [-0.2, 0) is 0 Å². The summed E-state index contributed by atoms with van der Waals surface area (Å²) >= 11 is 1.43. The van der Waals surface area contributed by atoms with Gasteiger partial charge in [-0.2, -0.15) is 0 Å². The molecule has 1 aliphatic heterocycles. The van der Waals surface area contributed by atoms with Gasteiger partial charge in [0.1, 0.15) is 5.75 Å². The van der Waals surface area contributed by atoms with Crippen molar-refractivity contribution in [2.45, 2.75) is 0 Å². The zero-order chi connectivity index (χ0) is 16.2. The Morgan fingerprint density at radius 3 is 2.65 bits per heavy atom. The molecule has 0 saturated carbocycles. The Morgan fingerprint density at radius 1 is 1.22 bits per heavy atom. The second-order valence-electron chi connectivity index (χ2n) is 5.61. The first-order chi connectivity index (χ1) is 11.2. The van der Waals surface area contributed by atoms with Crippen molar-refractivity contribution in [1.29, 1.82) is 0 Å². The average molecular weight is 331 g/mol. The topological polar surface area (TPSA) is 44.8 Å². The zero-order valence-electron chi connectivity index (χ0n) is 13.4. The molecule has 0 unspecified atom stereocenters. The lowest BCUT2D eigenvalue weighted by Crippen LogP contribution is -2.44. The van der Waals surface area contributed by atoms with Gasteiger partial charge in [0, 0.05) is 31.9 Å². The highest BCUT2D eigenvalue weighted by atomic mass is 32.1. The number of benzene rings is 1. The smallest absolute Gasteiger partial charge is 0.265 e. The van der Waals surface area contributed by atoms with E-state index in [1.54, 1.807) is 7.11 Å². The maximum atomic E-state index is 12.3. The summed E-state index contributed by atoms with van der Waals surface area (Å²) in [6, 6.07) is 9.65. The molecule has 0 aliphatic carbocycles. The highest BCUT2D eigenvalue weighted by molar-refractivity contribution is 7.12. The summed E-state index contributed by atoms with van der Waals surface area (Å²) in [4.78, 5) is 17.6. The van der Waals surface area contributed by atoms with Gasteiger partial charge in [-0.25, -0.2) is 0 Å². The van der Waals surface area contributed by atoms with Crippen molar-refractivity contribution in [1.82, 2.24) is 4.90 Å². The molecule has 1 amide bonds. The molecule has 2 heterocycles. The van der Waals surface area contributed by atoms with Crippen LogP contribution in [0.4, 0.5) is 11.4 Å². The zero-order valence-corrected chi connectivity index (χ0v) is 14.2. The predicted octanol–water partition coefficient (Wildman–Crippen LogP) is 2.76. The van der Waals surface area contributed by atoms with Crippen LogP contribution in [0.15, 0.2) is 35.7 Å². The molecule has 1 N–H and O–H groups in total. The molecular formula is C17H21N3O2S. The number of likely N-dealkylation sites (N-methyl/N-ethyl adjacent to an activating group) is 1. The number of nitrogens with zero attached hydrogens (tertiary/aromatic N) is 2. The van der Waals surface area contributed by atoms with Crippen LogP contribution in [0.5, 0.6) is 5.75 Å². The number of nitrogens with one attached hydrogen (secondary N) is 1. The Labute approximate surface area is 140 Å². The molecule has 0 atom stereocenters. The number of thiophene rings is 1. The summed E-state index contributed by atoms with van der Waals surface area (Å²) in [5.41, 5.74) is 1.82. The molecule has 1 saturated heterocycles. The molecule has 2 aromatic rings. The van der Waals surface area contributed by atoms with Crippen molar-refractivity contribution in [3.63, 3.8) is 0 Å². The van der Waals surface area contributed by atoms with E-state index in [-0.39, 0.29) is 5.91 Å². The third kappa shape index (κ3) is 3.65. The van der Waals surface area contributed by atoms with Crippen molar-refractivity contribution < 1.29 is 9.53 Å². The standard InChI is InChI=1S/C17H21N3O2S/c1-19-7-9-20(10-8-19)13-5-6-15(22-2)14(12-13)18-17(21)16-4-3-11-23-16/h3-6,11-12H,7-10H2,1-2H3,(H,18,21). The number of ether oxygens (including phenoxy) is 1. The summed E-state index contributed by atoms with van der Waals surface area (Å²) in [7, 11) is 3.75. The molecule has 1 aliphatic rings. The number of methoxy groups -OCH3 is 1. The molecule has 5 nitrogen and oxygen atoms in total. The highest BCUT2D eigenvalue weighted by Gasteiger charge is 2.17. The molecule has 1 fully saturated rings. The summed E-state index contributed by atoms with van der Waals surface area (Å²) in [5.74, 6) is 0.571. The van der Waals surface area contributed by atoms with Crippen LogP contribution in [0.25, 0.3) is 0 Å². The first-order valence-electron chi connectivity index (χ1n) is 7.64. The van der Waals surface area contributed by atoms with Crippen LogP contribution in [0, 0.1) is 0 Å². The van der Waals surface area contributed by atoms with Gasteiger partial charge in [-0.3, -0.25) is 4.79 Å². The van der Waals surface area contributed by atoms with Gasteiger partial charge < -0.3 is 19.9 Å². The average Bonchev–Trinajstić information content (AvgIpc) is 3.10. The lowest BCUT2D eigenvalue weighted by Gasteiger charge is -2.34. The Kier molecular flexibility index (Phi) is 4.83. The Morgan fingerprint density at radius 2 is 2.00 bits per heavy atom. The van der Waals surface area contributed by atoms with Crippen LogP contribution in [0.3, 0.4) is 0 Å². The Hall–Kier alpha value is -2.05. The van der Waals surface area contributed by atoms with Crippen molar-refractivity contribution in [3.05, 3.63) is 40.6 Å². The molecule has 3 rings (SSSR count). The van der Waals surface area contributed by atoms with Gasteiger partial charge in [0.2, 0.25) is 0 Å². The monoisotopic (exact) mass is 331 g/mol. The van der Waals surface area contributed by atoms with Crippen LogP contribution in [0.1, 0.15) is 9.67 Å². The number of rotatable bonds is 4. The van der Waals surface area contributed by atoms with E-state index in [0.717, 1.165) is 31.9 Å². The van der Waals surface area contributed by atoms with E-state index in [4.69, 9.17) is 4.74 Å². The molecule has 0 spiro atoms. The Bertz CT molecular complexity index is 664. The van der Waals surface area contributed by atoms with Crippen LogP contribution < -0.4 is 15.0 Å². The second kappa shape index (κ2) is 7.02. The first kappa shape index (κ1) is 15.8. The fourth-order valence-corrected chi connectivity index (χ4v) is 3.27. The van der Waals surface area contributed by atoms with Gasteiger partial charge in [-0.15, -0.1) is 11.3 Å². The van der Waals surface area contributed by atoms with Crippen LogP contribution in [0.2, 0.25) is 0 Å². The van der Waals surface area contributed by atoms with E-state index in [2.05, 4.69) is 22.2 Å². The molecule has 23 heavy (non-hydrogen) atoms. The summed E-state index contributed by atoms with van der Waals surface area (Å²) in [6.07, 6.45) is 0. The summed E-state index contributed by atoms with van der Waals surface area (Å²) in [5, 5.41) is 4.86. The van der Waals surface area contributed by atoms with E-state index >= 15 is 0 Å². The van der Waals surface area contributed by atoms with E-state index in [9.17, 15) is 4.79 Å². The van der Waals surface area contributed by atoms with Gasteiger partial charge in [0.05, 0.1) is 17.7 Å². The third-order valence-corrected chi connectivity index (χ3v) is 4.91. The first-order valence-corrected chi connectivity index (χ1v) is 8.52. The minimum Gasteiger partial charge on any atom is -0.495 e. The largest absolute Gasteiger partial charge is 0.495 e. The lowest BCUT2D eigenvalue weighted by molar-refractivity contribution is 0.103. The molecular weight excluding hydrogens is 310 g/mol. The van der Waals surface area contributed by atoms with E-state index < -0.39 is 0 Å². The second-order valence-corrected chi connectivity index (χ2v) is 6.55. The van der Waals surface area contributed by atoms with Crippen molar-refractivity contribution in [2.24, 2.45) is 0 Å². The van der Waals surface area contributed by atoms with E-state index in [0.29, 0.717) is 16.3 Å². The van der Waals surface area contributed by atoms with Gasteiger partial charge in [-0.1, -0.05) is 6.07 Å². The molecule has 0 radical (unpaired) electrons. The number of amides is 1. The maximum Gasteiger partial charge on any atom is 0.265 e. The van der Waals surface area contributed by atoms with E-state index in [1.165, 1.54) is 11.3 Å². The van der Waals surface area contributed by atoms with Crippen LogP contribution in [-0.4, -0.2) is 51.1 Å². The number of piperazine rings is 1. The number of hydrogen-bond donors (Lipinski definition) is 1. The fourth-order valence-electron chi connectivity index (χ4n) is 2.65. The molecule has 122 valence electrons. The maximum absolute atomic E-state index is 12.3. The van der Waals surface area contributed by atoms with E-state index in [1.807, 2.05) is 35.7 Å². The highest BCUT2D eigenvalue weighted by Crippen LogP contribution is 2.30. The van der Waals surface area contributed by atoms with Crippen molar-refractivity contribution in [3.8, 4) is 5.75 Å². The summed E-state index contributed by atoms with van der Waals surface area (Å²) in [6.45, 7) is 4.06. The Balaban J connectivity index is 1.80. The molecule has 6 heteroatoms. The van der Waals surface area contributed by atoms with Gasteiger partial charge in [-0.05, 0) is 36.7 Å². The van der Waals surface area contributed by atoms with Gasteiger partial charge in [0.15, 0.2) is 0 Å². The number of carbonyl (C=O) groups is 1. The van der Waals surface area contributed by atoms with Gasteiger partial charge in [0.25, 0.3) is 5.91 Å². The van der Waals surface area contributed by atoms with Gasteiger partial charge >= 0.3 is 0 Å². The SMILES string of the molecule is COc1ccc(N2CCN(C)CC2)cc1NC(=O)c1cccs1.